The summed E-state index contributed by atoms with van der Waals surface area (Å²) in [6.07, 6.45) is 1.32. The van der Waals surface area contributed by atoms with E-state index in [-0.39, 0.29) is 17.6 Å². The summed E-state index contributed by atoms with van der Waals surface area (Å²) >= 11 is 0. The van der Waals surface area contributed by atoms with E-state index in [2.05, 4.69) is 15.6 Å². The number of rotatable bonds is 4. The van der Waals surface area contributed by atoms with Crippen LogP contribution in [0.5, 0.6) is 0 Å². The van der Waals surface area contributed by atoms with Crippen LogP contribution >= 0.6 is 0 Å². The number of nitrogen functional groups attached to an aromatic ring is 1. The third kappa shape index (κ3) is 2.68. The number of carbonyl (C=O) groups is 2. The SMILES string of the molecule is NC(=O)c1ccc(N)c(NCC2CCC(=O)N2)n1. The summed E-state index contributed by atoms with van der Waals surface area (Å²) in [5.41, 5.74) is 11.5. The number of nitrogens with zero attached hydrogens (tertiary/aromatic N) is 1. The molecule has 0 aliphatic carbocycles. The molecular weight excluding hydrogens is 234 g/mol. The average Bonchev–Trinajstić information content (AvgIpc) is 2.74. The second-order valence-electron chi connectivity index (χ2n) is 4.18. The molecule has 2 heterocycles. The summed E-state index contributed by atoms with van der Waals surface area (Å²) in [4.78, 5) is 26.1. The summed E-state index contributed by atoms with van der Waals surface area (Å²) in [6, 6.07) is 3.11. The first kappa shape index (κ1) is 12.2. The normalized spacial score (nSPS) is 18.4. The molecule has 7 nitrogen and oxygen atoms in total. The summed E-state index contributed by atoms with van der Waals surface area (Å²) in [7, 11) is 0. The molecule has 1 aliphatic rings. The molecule has 0 aromatic carbocycles. The van der Waals surface area contributed by atoms with Gasteiger partial charge in [-0.05, 0) is 18.6 Å². The van der Waals surface area contributed by atoms with Crippen LogP contribution in [0.1, 0.15) is 23.3 Å². The van der Waals surface area contributed by atoms with Gasteiger partial charge in [0.25, 0.3) is 5.91 Å². The van der Waals surface area contributed by atoms with Crippen molar-refractivity contribution in [1.82, 2.24) is 10.3 Å². The Morgan fingerprint density at radius 3 is 2.94 bits per heavy atom. The maximum Gasteiger partial charge on any atom is 0.267 e. The van der Waals surface area contributed by atoms with E-state index in [1.807, 2.05) is 0 Å². The van der Waals surface area contributed by atoms with Crippen molar-refractivity contribution >= 4 is 23.3 Å². The van der Waals surface area contributed by atoms with Gasteiger partial charge in [0, 0.05) is 19.0 Å². The Bertz CT molecular complexity index is 488. The lowest BCUT2D eigenvalue weighted by Crippen LogP contribution is -2.32. The van der Waals surface area contributed by atoms with Gasteiger partial charge in [-0.15, -0.1) is 0 Å². The number of nitrogens with two attached hydrogens (primary N) is 2. The van der Waals surface area contributed by atoms with Crippen molar-refractivity contribution in [2.75, 3.05) is 17.6 Å². The summed E-state index contributed by atoms with van der Waals surface area (Å²) in [6.45, 7) is 0.519. The standard InChI is InChI=1S/C11H15N5O2/c12-7-2-3-8(10(13)18)16-11(7)14-5-6-1-4-9(17)15-6/h2-3,6H,1,4-5,12H2,(H2,13,18)(H,14,16)(H,15,17). The quantitative estimate of drug-likeness (QED) is 0.570. The molecule has 7 heteroatoms. The van der Waals surface area contributed by atoms with Crippen molar-refractivity contribution in [3.05, 3.63) is 17.8 Å². The molecule has 96 valence electrons. The predicted octanol–water partition coefficient (Wildman–Crippen LogP) is -0.547. The van der Waals surface area contributed by atoms with Gasteiger partial charge < -0.3 is 22.1 Å². The average molecular weight is 249 g/mol. The predicted molar refractivity (Wildman–Crippen MR) is 66.8 cm³/mol. The first-order valence-corrected chi connectivity index (χ1v) is 5.66. The second-order valence-corrected chi connectivity index (χ2v) is 4.18. The molecule has 2 rings (SSSR count). The van der Waals surface area contributed by atoms with Crippen LogP contribution in [0.4, 0.5) is 11.5 Å². The minimum atomic E-state index is -0.604. The molecule has 0 bridgehead atoms. The molecule has 1 fully saturated rings. The summed E-state index contributed by atoms with van der Waals surface area (Å²) in [5, 5.41) is 5.83. The van der Waals surface area contributed by atoms with Crippen LogP contribution in [-0.2, 0) is 4.79 Å². The van der Waals surface area contributed by atoms with Gasteiger partial charge in [0.2, 0.25) is 5.91 Å². The molecule has 18 heavy (non-hydrogen) atoms. The Kier molecular flexibility index (Phi) is 3.31. The fourth-order valence-electron chi connectivity index (χ4n) is 1.80. The zero-order chi connectivity index (χ0) is 13.1. The molecule has 1 aromatic heterocycles. The Hall–Kier alpha value is -2.31. The van der Waals surface area contributed by atoms with Crippen molar-refractivity contribution in [2.45, 2.75) is 18.9 Å². The van der Waals surface area contributed by atoms with Crippen LogP contribution in [-0.4, -0.2) is 29.4 Å². The van der Waals surface area contributed by atoms with Crippen molar-refractivity contribution in [3.63, 3.8) is 0 Å². The number of nitrogens with one attached hydrogen (secondary N) is 2. The molecule has 0 saturated carbocycles. The Labute approximate surface area is 104 Å². The highest BCUT2D eigenvalue weighted by Crippen LogP contribution is 2.16. The second kappa shape index (κ2) is 4.91. The van der Waals surface area contributed by atoms with Gasteiger partial charge in [-0.2, -0.15) is 0 Å². The van der Waals surface area contributed by atoms with Crippen LogP contribution in [0, 0.1) is 0 Å². The summed E-state index contributed by atoms with van der Waals surface area (Å²) < 4.78 is 0. The maximum absolute atomic E-state index is 11.0. The molecule has 0 spiro atoms. The highest BCUT2D eigenvalue weighted by Gasteiger charge is 2.20. The summed E-state index contributed by atoms with van der Waals surface area (Å²) in [5.74, 6) is -0.145. The molecule has 2 amide bonds. The number of pyridine rings is 1. The van der Waals surface area contributed by atoms with Crippen LogP contribution < -0.4 is 22.1 Å². The van der Waals surface area contributed by atoms with Gasteiger partial charge in [-0.25, -0.2) is 4.98 Å². The van der Waals surface area contributed by atoms with Gasteiger partial charge in [0.15, 0.2) is 0 Å². The molecule has 1 aliphatic heterocycles. The van der Waals surface area contributed by atoms with Crippen LogP contribution in [0.25, 0.3) is 0 Å². The first-order chi connectivity index (χ1) is 8.56. The van der Waals surface area contributed by atoms with Crippen LogP contribution in [0.2, 0.25) is 0 Å². The Morgan fingerprint density at radius 1 is 1.56 bits per heavy atom. The molecule has 1 unspecified atom stereocenters. The number of aromatic nitrogens is 1. The third-order valence-electron chi connectivity index (χ3n) is 2.78. The van der Waals surface area contributed by atoms with E-state index < -0.39 is 5.91 Å². The first-order valence-electron chi connectivity index (χ1n) is 5.66. The number of primary amides is 1. The fourth-order valence-corrected chi connectivity index (χ4v) is 1.80. The zero-order valence-corrected chi connectivity index (χ0v) is 9.77. The minimum absolute atomic E-state index is 0.0496. The lowest BCUT2D eigenvalue weighted by Gasteiger charge is -2.13. The number of hydrogen-bond donors (Lipinski definition) is 4. The van der Waals surface area contributed by atoms with Crippen molar-refractivity contribution in [2.24, 2.45) is 5.73 Å². The molecule has 1 saturated heterocycles. The largest absolute Gasteiger partial charge is 0.396 e. The van der Waals surface area contributed by atoms with E-state index in [0.29, 0.717) is 24.5 Å². The highest BCUT2D eigenvalue weighted by molar-refractivity contribution is 5.91. The molecule has 1 aromatic rings. The van der Waals surface area contributed by atoms with Gasteiger partial charge >= 0.3 is 0 Å². The molecular formula is C11H15N5O2. The Morgan fingerprint density at radius 2 is 2.33 bits per heavy atom. The van der Waals surface area contributed by atoms with E-state index >= 15 is 0 Å². The third-order valence-corrected chi connectivity index (χ3v) is 2.78. The van der Waals surface area contributed by atoms with E-state index in [9.17, 15) is 9.59 Å². The van der Waals surface area contributed by atoms with Crippen LogP contribution in [0.15, 0.2) is 12.1 Å². The maximum atomic E-state index is 11.0. The number of anilines is 2. The number of amides is 2. The zero-order valence-electron chi connectivity index (χ0n) is 9.77. The minimum Gasteiger partial charge on any atom is -0.396 e. The van der Waals surface area contributed by atoms with E-state index in [0.717, 1.165) is 6.42 Å². The van der Waals surface area contributed by atoms with E-state index in [4.69, 9.17) is 11.5 Å². The Balaban J connectivity index is 2.02. The van der Waals surface area contributed by atoms with Gasteiger partial charge in [0.05, 0.1) is 5.69 Å². The van der Waals surface area contributed by atoms with Gasteiger partial charge in [-0.3, -0.25) is 9.59 Å². The van der Waals surface area contributed by atoms with Crippen molar-refractivity contribution in [3.8, 4) is 0 Å². The van der Waals surface area contributed by atoms with Crippen molar-refractivity contribution < 1.29 is 9.59 Å². The van der Waals surface area contributed by atoms with E-state index in [1.54, 1.807) is 6.07 Å². The smallest absolute Gasteiger partial charge is 0.267 e. The molecule has 1 atom stereocenters. The van der Waals surface area contributed by atoms with Gasteiger partial charge in [0.1, 0.15) is 11.5 Å². The topological polar surface area (TPSA) is 123 Å². The molecule has 6 N–H and O–H groups in total. The lowest BCUT2D eigenvalue weighted by atomic mass is 10.2. The van der Waals surface area contributed by atoms with Gasteiger partial charge in [-0.1, -0.05) is 0 Å². The van der Waals surface area contributed by atoms with Crippen molar-refractivity contribution in [1.29, 1.82) is 0 Å². The lowest BCUT2D eigenvalue weighted by molar-refractivity contribution is -0.119. The molecule has 0 radical (unpaired) electrons. The highest BCUT2D eigenvalue weighted by atomic mass is 16.2. The van der Waals surface area contributed by atoms with E-state index in [1.165, 1.54) is 6.07 Å². The fraction of sp³-hybridized carbons (Fsp3) is 0.364. The van der Waals surface area contributed by atoms with Crippen LogP contribution in [0.3, 0.4) is 0 Å². The number of carbonyl (C=O) groups excluding carboxylic acids is 2. The monoisotopic (exact) mass is 249 g/mol. The number of hydrogen-bond acceptors (Lipinski definition) is 5.